The number of carbonyl (C=O) groups excluding carboxylic acids is 2. The number of halogens is 1. The predicted octanol–water partition coefficient (Wildman–Crippen LogP) is 3.58. The highest BCUT2D eigenvalue weighted by atomic mass is 35.5. The minimum atomic E-state index is -3.62. The maximum absolute atomic E-state index is 12.6. The zero-order valence-corrected chi connectivity index (χ0v) is 20.7. The molecule has 0 bridgehead atoms. The van der Waals surface area contributed by atoms with Crippen molar-refractivity contribution in [2.75, 3.05) is 12.9 Å². The van der Waals surface area contributed by atoms with Gasteiger partial charge in [0.1, 0.15) is 0 Å². The molecule has 0 saturated heterocycles. The Morgan fingerprint density at radius 3 is 2.57 bits per heavy atom. The fourth-order valence-electron chi connectivity index (χ4n) is 2.99. The lowest BCUT2D eigenvalue weighted by Gasteiger charge is -2.20. The van der Waals surface area contributed by atoms with Crippen molar-refractivity contribution in [2.24, 2.45) is 10.1 Å². The van der Waals surface area contributed by atoms with Gasteiger partial charge >= 0.3 is 5.97 Å². The number of ether oxygens (including phenoxy) is 2. The summed E-state index contributed by atoms with van der Waals surface area (Å²) in [6.45, 7) is 1.48. The quantitative estimate of drug-likeness (QED) is 0.350. The Hall–Kier alpha value is -3.48. The molecule has 2 aromatic rings. The third kappa shape index (κ3) is 4.99. The van der Waals surface area contributed by atoms with Crippen LogP contribution in [0.1, 0.15) is 22.8 Å². The van der Waals surface area contributed by atoms with Crippen molar-refractivity contribution in [1.82, 2.24) is 5.01 Å². The number of fused-ring (bicyclic) bond motifs is 1. The Labute approximate surface area is 209 Å². The number of sulfone groups is 1. The van der Waals surface area contributed by atoms with Crippen LogP contribution in [0.15, 0.2) is 58.1 Å². The number of hydrogen-bond donors (Lipinski definition) is 1. The van der Waals surface area contributed by atoms with Crippen molar-refractivity contribution >= 4 is 66.5 Å². The van der Waals surface area contributed by atoms with Gasteiger partial charge in [-0.3, -0.25) is 10.2 Å². The lowest BCUT2D eigenvalue weighted by atomic mass is 10.1. The second-order valence-corrected chi connectivity index (χ2v) is 10.9. The summed E-state index contributed by atoms with van der Waals surface area (Å²) in [4.78, 5) is 28.9. The molecule has 0 aromatic heterocycles. The average molecular weight is 533 g/mol. The van der Waals surface area contributed by atoms with E-state index in [2.05, 4.69) is 10.1 Å². The highest BCUT2D eigenvalue weighted by Crippen LogP contribution is 2.33. The zero-order chi connectivity index (χ0) is 25.3. The van der Waals surface area contributed by atoms with Crippen molar-refractivity contribution in [2.45, 2.75) is 6.92 Å². The molecule has 1 N–H and O–H groups in total. The minimum absolute atomic E-state index is 0.00575. The van der Waals surface area contributed by atoms with Gasteiger partial charge in [0, 0.05) is 5.02 Å². The van der Waals surface area contributed by atoms with Crippen LogP contribution < -0.4 is 9.47 Å². The lowest BCUT2D eigenvalue weighted by Crippen LogP contribution is -2.35. The van der Waals surface area contributed by atoms with E-state index in [1.165, 1.54) is 44.4 Å². The van der Waals surface area contributed by atoms with Gasteiger partial charge < -0.3 is 9.47 Å². The number of benzene rings is 2. The second-order valence-electron chi connectivity index (χ2n) is 7.10. The number of hydrogen-bond acceptors (Lipinski definition) is 9. The molecule has 2 aliphatic rings. The number of methoxy groups -OCH3 is 1. The van der Waals surface area contributed by atoms with E-state index in [0.717, 1.165) is 16.8 Å². The first-order valence-electron chi connectivity index (χ1n) is 10.0. The van der Waals surface area contributed by atoms with Crippen LogP contribution >= 0.6 is 23.4 Å². The van der Waals surface area contributed by atoms with Crippen LogP contribution in [0.4, 0.5) is 0 Å². The fraction of sp³-hybridized carbons (Fsp3) is 0.136. The number of amidine groups is 2. The van der Waals surface area contributed by atoms with Crippen molar-refractivity contribution < 1.29 is 27.5 Å². The van der Waals surface area contributed by atoms with E-state index in [0.29, 0.717) is 16.1 Å². The number of nitrogens with zero attached hydrogens (tertiary/aromatic N) is 3. The van der Waals surface area contributed by atoms with E-state index in [1.54, 1.807) is 18.2 Å². The van der Waals surface area contributed by atoms with Gasteiger partial charge in [-0.2, -0.15) is 10.0 Å². The molecule has 2 heterocycles. The maximum atomic E-state index is 12.6. The molecule has 0 radical (unpaired) electrons. The van der Waals surface area contributed by atoms with E-state index in [-0.39, 0.29) is 38.2 Å². The lowest BCUT2D eigenvalue weighted by molar-refractivity contribution is -0.114. The summed E-state index contributed by atoms with van der Waals surface area (Å²) < 4.78 is 34.8. The molecule has 2 aromatic carbocycles. The molecule has 180 valence electrons. The molecular weight excluding hydrogens is 516 g/mol. The van der Waals surface area contributed by atoms with Crippen LogP contribution in [0, 0.1) is 5.41 Å². The largest absolute Gasteiger partial charge is 0.493 e. The molecule has 4 rings (SSSR count). The van der Waals surface area contributed by atoms with E-state index in [1.807, 2.05) is 0 Å². The highest BCUT2D eigenvalue weighted by Gasteiger charge is 2.39. The molecule has 0 atom stereocenters. The van der Waals surface area contributed by atoms with Crippen LogP contribution in [0.2, 0.25) is 5.02 Å². The van der Waals surface area contributed by atoms with Gasteiger partial charge in [0.05, 0.1) is 24.0 Å². The van der Waals surface area contributed by atoms with E-state index < -0.39 is 21.7 Å². The number of thioether (sulfide) groups is 1. The van der Waals surface area contributed by atoms with Crippen LogP contribution in [0.25, 0.3) is 6.08 Å². The summed E-state index contributed by atoms with van der Waals surface area (Å²) in [5, 5.41) is 13.8. The number of rotatable bonds is 5. The van der Waals surface area contributed by atoms with Crippen molar-refractivity contribution in [3.63, 3.8) is 0 Å². The summed E-state index contributed by atoms with van der Waals surface area (Å²) in [7, 11) is -2.23. The smallest absolute Gasteiger partial charge is 0.343 e. The number of nitrogens with one attached hydrogen (secondary N) is 1. The molecule has 0 spiro atoms. The SMILES string of the molecule is CCS(=O)(=O)C1=NN2C(=N)/C(=C\c3ccc(OC(=O)c4ccc(Cl)cc4)c(OC)c3)C(=O)N=C2S1. The normalized spacial score (nSPS) is 16.7. The van der Waals surface area contributed by atoms with Gasteiger partial charge in [-0.1, -0.05) is 24.6 Å². The summed E-state index contributed by atoms with van der Waals surface area (Å²) in [5.41, 5.74) is 0.657. The summed E-state index contributed by atoms with van der Waals surface area (Å²) >= 11 is 6.57. The number of carbonyl (C=O) groups is 2. The molecule has 1 amide bonds. The van der Waals surface area contributed by atoms with Crippen molar-refractivity contribution in [1.29, 1.82) is 5.41 Å². The standard InChI is InChI=1S/C22H17ClN4O6S2/c1-3-35(30,31)22-26-27-18(24)15(19(28)25-21(27)34-22)10-12-4-9-16(17(11-12)32-2)33-20(29)13-5-7-14(23)8-6-13/h4-11,24H,3H2,1-2H3/b15-10+,24-18?. The average Bonchev–Trinajstić information content (AvgIpc) is 3.28. The molecular formula is C22H17ClN4O6S2. The Morgan fingerprint density at radius 1 is 1.20 bits per heavy atom. The topological polar surface area (TPSA) is 139 Å². The van der Waals surface area contributed by atoms with E-state index in [9.17, 15) is 18.0 Å². The van der Waals surface area contributed by atoms with E-state index in [4.69, 9.17) is 26.5 Å². The zero-order valence-electron chi connectivity index (χ0n) is 18.3. The highest BCUT2D eigenvalue weighted by molar-refractivity contribution is 8.42. The number of amides is 1. The summed E-state index contributed by atoms with van der Waals surface area (Å²) in [5.74, 6) is -1.44. The van der Waals surface area contributed by atoms with Crippen LogP contribution in [0.5, 0.6) is 11.5 Å². The minimum Gasteiger partial charge on any atom is -0.493 e. The molecule has 10 nitrogen and oxygen atoms in total. The fourth-order valence-corrected chi connectivity index (χ4v) is 5.28. The van der Waals surface area contributed by atoms with Crippen LogP contribution in [-0.4, -0.2) is 53.5 Å². The van der Waals surface area contributed by atoms with Gasteiger partial charge in [-0.05, 0) is 59.8 Å². The molecule has 0 fully saturated rings. The molecule has 0 saturated carbocycles. The maximum Gasteiger partial charge on any atom is 0.343 e. The molecule has 35 heavy (non-hydrogen) atoms. The summed E-state index contributed by atoms with van der Waals surface area (Å²) in [6, 6.07) is 10.8. The summed E-state index contributed by atoms with van der Waals surface area (Å²) in [6.07, 6.45) is 1.39. The van der Waals surface area contributed by atoms with Gasteiger partial charge in [-0.25, -0.2) is 13.2 Å². The first-order chi connectivity index (χ1) is 16.6. The number of hydrazone groups is 1. The van der Waals surface area contributed by atoms with Crippen LogP contribution in [0.3, 0.4) is 0 Å². The van der Waals surface area contributed by atoms with Gasteiger partial charge in [-0.15, -0.1) is 5.10 Å². The van der Waals surface area contributed by atoms with Crippen LogP contribution in [-0.2, 0) is 14.6 Å². The molecule has 0 unspecified atom stereocenters. The number of aliphatic imine (C=N–C) groups is 1. The van der Waals surface area contributed by atoms with Crippen molar-refractivity contribution in [3.05, 3.63) is 64.2 Å². The third-order valence-electron chi connectivity index (χ3n) is 4.86. The molecule has 13 heteroatoms. The van der Waals surface area contributed by atoms with Gasteiger partial charge in [0.25, 0.3) is 5.91 Å². The number of esters is 1. The Kier molecular flexibility index (Phi) is 6.79. The van der Waals surface area contributed by atoms with Gasteiger partial charge in [0.15, 0.2) is 17.3 Å². The third-order valence-corrected chi connectivity index (χ3v) is 8.20. The Bertz CT molecular complexity index is 1450. The molecule has 0 aliphatic carbocycles. The Morgan fingerprint density at radius 2 is 1.91 bits per heavy atom. The predicted molar refractivity (Wildman–Crippen MR) is 134 cm³/mol. The van der Waals surface area contributed by atoms with Gasteiger partial charge in [0.2, 0.25) is 19.4 Å². The van der Waals surface area contributed by atoms with E-state index >= 15 is 0 Å². The first kappa shape index (κ1) is 24.6. The van der Waals surface area contributed by atoms with Crippen molar-refractivity contribution in [3.8, 4) is 11.5 Å². The monoisotopic (exact) mass is 532 g/mol. The Balaban J connectivity index is 1.60. The molecule has 2 aliphatic heterocycles. The first-order valence-corrected chi connectivity index (χ1v) is 12.9. The second kappa shape index (κ2) is 9.64.